The van der Waals surface area contributed by atoms with Crippen LogP contribution in [-0.4, -0.2) is 24.0 Å². The van der Waals surface area contributed by atoms with Crippen molar-refractivity contribution >= 4 is 23.3 Å². The monoisotopic (exact) mass is 360 g/mol. The number of carbonyl (C=O) groups excluding carboxylic acids is 1. The zero-order valence-corrected chi connectivity index (χ0v) is 16.4. The molecule has 4 rings (SSSR count). The molecule has 0 radical (unpaired) electrons. The molecule has 2 bridgehead atoms. The number of halogens is 1. The average molecular weight is 361 g/mol. The van der Waals surface area contributed by atoms with Gasteiger partial charge in [-0.15, -0.1) is 0 Å². The van der Waals surface area contributed by atoms with Crippen molar-refractivity contribution in [1.29, 1.82) is 0 Å². The lowest BCUT2D eigenvalue weighted by Crippen LogP contribution is -2.50. The summed E-state index contributed by atoms with van der Waals surface area (Å²) < 4.78 is 0. The number of benzene rings is 1. The number of amides is 2. The molecule has 0 aliphatic heterocycles. The highest BCUT2D eigenvalue weighted by Crippen LogP contribution is 2.59. The summed E-state index contributed by atoms with van der Waals surface area (Å²) in [4.78, 5) is 14.8. The van der Waals surface area contributed by atoms with Gasteiger partial charge in [0.25, 0.3) is 0 Å². The maximum Gasteiger partial charge on any atom is 0.322 e. The zero-order valence-electron chi connectivity index (χ0n) is 15.7. The van der Waals surface area contributed by atoms with E-state index < -0.39 is 0 Å². The van der Waals surface area contributed by atoms with Gasteiger partial charge < -0.3 is 10.2 Å². The summed E-state index contributed by atoms with van der Waals surface area (Å²) in [7, 11) is 0. The van der Waals surface area contributed by atoms with Gasteiger partial charge in [0.1, 0.15) is 0 Å². The number of hydrogen-bond donors (Lipinski definition) is 1. The molecule has 3 aliphatic carbocycles. The van der Waals surface area contributed by atoms with Crippen LogP contribution < -0.4 is 5.32 Å². The van der Waals surface area contributed by atoms with Crippen molar-refractivity contribution in [3.05, 3.63) is 40.9 Å². The maximum absolute atomic E-state index is 12.8. The van der Waals surface area contributed by atoms with E-state index >= 15 is 0 Å². The van der Waals surface area contributed by atoms with Crippen LogP contribution in [0.4, 0.5) is 10.5 Å². The summed E-state index contributed by atoms with van der Waals surface area (Å²) >= 11 is 5.93. The van der Waals surface area contributed by atoms with E-state index in [-0.39, 0.29) is 6.03 Å². The van der Waals surface area contributed by atoms with E-state index in [0.717, 1.165) is 31.1 Å². The highest BCUT2D eigenvalue weighted by Gasteiger charge is 2.51. The Morgan fingerprint density at radius 2 is 2.00 bits per heavy atom. The molecule has 136 valence electrons. The van der Waals surface area contributed by atoms with Gasteiger partial charge in [0.2, 0.25) is 0 Å². The minimum Gasteiger partial charge on any atom is -0.320 e. The summed E-state index contributed by atoms with van der Waals surface area (Å²) in [5.41, 5.74) is 2.62. The highest BCUT2D eigenvalue weighted by atomic mass is 35.5. The van der Waals surface area contributed by atoms with Crippen LogP contribution in [0.5, 0.6) is 0 Å². The normalized spacial score (nSPS) is 23.7. The van der Waals surface area contributed by atoms with Crippen molar-refractivity contribution in [2.24, 2.45) is 23.2 Å². The second-order valence-corrected chi connectivity index (χ2v) is 8.97. The molecule has 2 amide bonds. The van der Waals surface area contributed by atoms with Crippen molar-refractivity contribution in [2.75, 3.05) is 18.4 Å². The lowest BCUT2D eigenvalue weighted by atomic mass is 9.49. The molecule has 1 aromatic carbocycles. The SMILES string of the molecule is CC(C)CN(CC1=CCC2CC1C2(C)C)C(=O)Nc1ccc(Cl)cc1. The number of fused-ring (bicyclic) bond motifs is 1. The number of rotatable bonds is 5. The molecule has 2 atom stereocenters. The fourth-order valence-electron chi connectivity index (χ4n) is 4.27. The molecule has 2 unspecified atom stereocenters. The van der Waals surface area contributed by atoms with E-state index in [1.54, 1.807) is 12.1 Å². The molecule has 25 heavy (non-hydrogen) atoms. The van der Waals surface area contributed by atoms with Gasteiger partial charge in [0.15, 0.2) is 0 Å². The molecule has 1 saturated carbocycles. The fourth-order valence-corrected chi connectivity index (χ4v) is 4.40. The maximum atomic E-state index is 12.8. The van der Waals surface area contributed by atoms with Gasteiger partial charge in [-0.1, -0.05) is 50.9 Å². The third kappa shape index (κ3) is 3.87. The Morgan fingerprint density at radius 1 is 1.32 bits per heavy atom. The van der Waals surface area contributed by atoms with Crippen molar-refractivity contribution < 1.29 is 4.79 Å². The number of urea groups is 1. The first-order valence-corrected chi connectivity index (χ1v) is 9.65. The third-order valence-corrected chi connectivity index (χ3v) is 6.18. The Labute approximate surface area is 156 Å². The van der Waals surface area contributed by atoms with Crippen molar-refractivity contribution in [3.63, 3.8) is 0 Å². The Kier molecular flexibility index (Phi) is 5.15. The number of anilines is 1. The summed E-state index contributed by atoms with van der Waals surface area (Å²) in [5, 5.41) is 3.69. The van der Waals surface area contributed by atoms with E-state index in [2.05, 4.69) is 39.1 Å². The highest BCUT2D eigenvalue weighted by molar-refractivity contribution is 6.30. The van der Waals surface area contributed by atoms with E-state index in [4.69, 9.17) is 11.6 Å². The van der Waals surface area contributed by atoms with E-state index in [1.165, 1.54) is 12.0 Å². The first kappa shape index (κ1) is 18.3. The first-order chi connectivity index (χ1) is 11.8. The summed E-state index contributed by atoms with van der Waals surface area (Å²) in [6.07, 6.45) is 4.83. The summed E-state index contributed by atoms with van der Waals surface area (Å²) in [6, 6.07) is 7.24. The van der Waals surface area contributed by atoms with E-state index in [1.807, 2.05) is 17.0 Å². The molecule has 0 spiro atoms. The van der Waals surface area contributed by atoms with Gasteiger partial charge >= 0.3 is 6.03 Å². The molecule has 1 fully saturated rings. The smallest absolute Gasteiger partial charge is 0.320 e. The number of hydrogen-bond acceptors (Lipinski definition) is 1. The lowest BCUT2D eigenvalue weighted by Gasteiger charge is -2.57. The molecule has 0 heterocycles. The van der Waals surface area contributed by atoms with Crippen LogP contribution in [0.2, 0.25) is 5.02 Å². The fraction of sp³-hybridized carbons (Fsp3) is 0.571. The van der Waals surface area contributed by atoms with Gasteiger partial charge in [-0.05, 0) is 60.3 Å². The standard InChI is InChI=1S/C21H29ClN2O/c1-14(2)12-24(20(25)23-18-9-7-17(22)8-10-18)13-15-5-6-16-11-19(15)21(16,3)4/h5,7-10,14,16,19H,6,11-13H2,1-4H3,(H,23,25). The summed E-state index contributed by atoms with van der Waals surface area (Å²) in [5.74, 6) is 1.88. The predicted octanol–water partition coefficient (Wildman–Crippen LogP) is 5.82. The third-order valence-electron chi connectivity index (χ3n) is 5.92. The van der Waals surface area contributed by atoms with Gasteiger partial charge in [0, 0.05) is 23.8 Å². The number of nitrogens with zero attached hydrogens (tertiary/aromatic N) is 1. The number of nitrogens with one attached hydrogen (secondary N) is 1. The van der Waals surface area contributed by atoms with Crippen molar-refractivity contribution in [2.45, 2.75) is 40.5 Å². The molecular formula is C21H29ClN2O. The van der Waals surface area contributed by atoms with Gasteiger partial charge in [-0.25, -0.2) is 4.79 Å². The number of carbonyl (C=O) groups is 1. The second kappa shape index (κ2) is 7.03. The Morgan fingerprint density at radius 3 is 2.56 bits per heavy atom. The molecule has 0 saturated heterocycles. The van der Waals surface area contributed by atoms with Gasteiger partial charge in [-0.3, -0.25) is 0 Å². The van der Waals surface area contributed by atoms with Crippen LogP contribution >= 0.6 is 11.6 Å². The minimum atomic E-state index is -0.0313. The molecule has 3 aliphatic rings. The number of allylic oxidation sites excluding steroid dienone is 1. The van der Waals surface area contributed by atoms with Crippen LogP contribution in [0.15, 0.2) is 35.9 Å². The first-order valence-electron chi connectivity index (χ1n) is 9.27. The Balaban J connectivity index is 1.70. The van der Waals surface area contributed by atoms with Gasteiger partial charge in [0.05, 0.1) is 0 Å². The minimum absolute atomic E-state index is 0.0313. The van der Waals surface area contributed by atoms with Crippen LogP contribution in [0, 0.1) is 23.2 Å². The summed E-state index contributed by atoms with van der Waals surface area (Å²) in [6.45, 7) is 10.5. The topological polar surface area (TPSA) is 32.3 Å². The van der Waals surface area contributed by atoms with E-state index in [9.17, 15) is 4.79 Å². The van der Waals surface area contributed by atoms with Crippen LogP contribution in [0.25, 0.3) is 0 Å². The van der Waals surface area contributed by atoms with Crippen molar-refractivity contribution in [3.8, 4) is 0 Å². The molecule has 0 aromatic heterocycles. The molecule has 4 heteroatoms. The zero-order chi connectivity index (χ0) is 18.2. The van der Waals surface area contributed by atoms with E-state index in [0.29, 0.717) is 22.3 Å². The molecule has 1 N–H and O–H groups in total. The average Bonchev–Trinajstić information content (AvgIpc) is 2.56. The molecule has 3 nitrogen and oxygen atoms in total. The van der Waals surface area contributed by atoms with Crippen LogP contribution in [0.1, 0.15) is 40.5 Å². The molecule has 1 aromatic rings. The lowest BCUT2D eigenvalue weighted by molar-refractivity contribution is -0.00968. The largest absolute Gasteiger partial charge is 0.322 e. The Bertz CT molecular complexity index is 663. The molecular weight excluding hydrogens is 332 g/mol. The second-order valence-electron chi connectivity index (χ2n) is 8.53. The Hall–Kier alpha value is -1.48. The van der Waals surface area contributed by atoms with Crippen molar-refractivity contribution in [1.82, 2.24) is 4.90 Å². The predicted molar refractivity (Wildman–Crippen MR) is 105 cm³/mol. The quantitative estimate of drug-likeness (QED) is 0.659. The van der Waals surface area contributed by atoms with Gasteiger partial charge in [-0.2, -0.15) is 0 Å². The van der Waals surface area contributed by atoms with Crippen LogP contribution in [0.3, 0.4) is 0 Å². The van der Waals surface area contributed by atoms with Crippen LogP contribution in [-0.2, 0) is 0 Å².